The summed E-state index contributed by atoms with van der Waals surface area (Å²) in [5.41, 5.74) is 10.3. The van der Waals surface area contributed by atoms with E-state index in [1.165, 1.54) is 18.2 Å². The zero-order valence-electron chi connectivity index (χ0n) is 13.9. The number of nitrogens with two attached hydrogens (primary N) is 2. The molecule has 0 radical (unpaired) electrons. The summed E-state index contributed by atoms with van der Waals surface area (Å²) >= 11 is 0. The molecule has 1 amide bonds. The lowest BCUT2D eigenvalue weighted by Gasteiger charge is -2.30. The molecule has 1 aromatic carbocycles. The Morgan fingerprint density at radius 1 is 1.50 bits per heavy atom. The summed E-state index contributed by atoms with van der Waals surface area (Å²) in [6.45, 7) is -0.827. The second-order valence-corrected chi connectivity index (χ2v) is 5.77. The summed E-state index contributed by atoms with van der Waals surface area (Å²) in [5.74, 6) is -1.03. The van der Waals surface area contributed by atoms with Crippen LogP contribution in [0, 0.1) is 5.82 Å². The molecule has 1 aliphatic rings. The molecule has 0 spiro atoms. The number of carbonyl (C=O) groups excluding carboxylic acids is 1. The number of anilines is 1. The Morgan fingerprint density at radius 2 is 2.23 bits per heavy atom. The first-order valence-corrected chi connectivity index (χ1v) is 7.58. The summed E-state index contributed by atoms with van der Waals surface area (Å²) < 4.78 is 43.5. The largest absolute Gasteiger partial charge is 0.444 e. The van der Waals surface area contributed by atoms with Crippen molar-refractivity contribution in [1.29, 1.82) is 0 Å². The van der Waals surface area contributed by atoms with Gasteiger partial charge in [-0.25, -0.2) is 4.39 Å². The van der Waals surface area contributed by atoms with Gasteiger partial charge in [-0.1, -0.05) is 0 Å². The van der Waals surface area contributed by atoms with E-state index in [0.717, 1.165) is 12.3 Å². The van der Waals surface area contributed by atoms with Gasteiger partial charge in [0, 0.05) is 17.3 Å². The molecule has 6 N–H and O–H groups in total. The predicted molar refractivity (Wildman–Crippen MR) is 90.1 cm³/mol. The molecule has 26 heavy (non-hydrogen) atoms. The third kappa shape index (κ3) is 4.82. The highest BCUT2D eigenvalue weighted by molar-refractivity contribution is 6.04. The molecule has 0 bridgehead atoms. The Kier molecular flexibility index (Phi) is 5.98. The Bertz CT molecular complexity index is 779. The number of amides is 1. The monoisotopic (exact) mass is 370 g/mol. The van der Waals surface area contributed by atoms with Crippen LogP contribution in [0.25, 0.3) is 0 Å². The number of benzene rings is 1. The number of hydrogen-bond acceptors (Lipinski definition) is 5. The third-order valence-corrected chi connectivity index (χ3v) is 3.58. The fourth-order valence-corrected chi connectivity index (χ4v) is 2.38. The maximum atomic E-state index is 14.3. The standard InChI is InChI=1S/C16H18F3N5O2/c1-16(8-26-7-13(21)24-16)10-6-9(2-3-11(10)17)23-14(25)12(20)4-5-22-15(18)19/h2-6,15H,7-8,20H2,1H3,(H2,21,24)(H,23,25)/p+1/t16-/m0/s1. The highest BCUT2D eigenvalue weighted by Gasteiger charge is 2.33. The summed E-state index contributed by atoms with van der Waals surface area (Å²) in [4.78, 5) is 17.9. The second-order valence-electron chi connectivity index (χ2n) is 5.77. The first kappa shape index (κ1) is 19.4. The van der Waals surface area contributed by atoms with Crippen LogP contribution in [0.5, 0.6) is 0 Å². The van der Waals surface area contributed by atoms with Crippen molar-refractivity contribution in [2.75, 3.05) is 18.5 Å². The molecule has 2 rings (SSSR count). The Hall–Kier alpha value is -2.88. The van der Waals surface area contributed by atoms with Gasteiger partial charge in [0.15, 0.2) is 6.21 Å². The number of rotatable bonds is 5. The summed E-state index contributed by atoms with van der Waals surface area (Å²) in [5, 5.41) is 2.46. The van der Waals surface area contributed by atoms with Crippen molar-refractivity contribution < 1.29 is 27.7 Å². The molecular formula is C16H19F3N5O2+. The van der Waals surface area contributed by atoms with Crippen LogP contribution in [0.3, 0.4) is 0 Å². The minimum Gasteiger partial charge on any atom is -0.394 e. The van der Waals surface area contributed by atoms with Gasteiger partial charge in [0.2, 0.25) is 0 Å². The van der Waals surface area contributed by atoms with Crippen molar-refractivity contribution >= 4 is 23.6 Å². The van der Waals surface area contributed by atoms with Crippen molar-refractivity contribution in [3.63, 3.8) is 0 Å². The Balaban J connectivity index is 2.22. The average Bonchev–Trinajstić information content (AvgIpc) is 2.55. The SMILES string of the molecule is C[C@@]1(c2cc(NC(=O)C(N)=CC=[NH+]C(F)F)ccc2F)COCC(N)=N1. The molecule has 1 atom stereocenters. The van der Waals surface area contributed by atoms with Crippen LogP contribution in [-0.4, -0.2) is 37.7 Å². The van der Waals surface area contributed by atoms with E-state index in [2.05, 4.69) is 10.3 Å². The van der Waals surface area contributed by atoms with Crippen molar-refractivity contribution in [2.45, 2.75) is 19.0 Å². The Labute approximate surface area is 147 Å². The summed E-state index contributed by atoms with van der Waals surface area (Å²) in [6.07, 6.45) is 1.85. The van der Waals surface area contributed by atoms with E-state index in [-0.39, 0.29) is 36.0 Å². The smallest absolute Gasteiger partial charge is 0.394 e. The number of allylic oxidation sites excluding steroid dienone is 1. The summed E-state index contributed by atoms with van der Waals surface area (Å²) in [7, 11) is 0. The minimum absolute atomic E-state index is 0.123. The second kappa shape index (κ2) is 8.00. The quantitative estimate of drug-likeness (QED) is 0.320. The van der Waals surface area contributed by atoms with Crippen LogP contribution in [0.2, 0.25) is 0 Å². The molecule has 0 unspecified atom stereocenters. The van der Waals surface area contributed by atoms with Gasteiger partial charge in [-0.15, -0.1) is 8.78 Å². The minimum atomic E-state index is -2.77. The first-order valence-electron chi connectivity index (χ1n) is 7.58. The normalized spacial score (nSPS) is 21.1. The molecule has 0 aliphatic carbocycles. The van der Waals surface area contributed by atoms with Crippen LogP contribution >= 0.6 is 0 Å². The van der Waals surface area contributed by atoms with Gasteiger partial charge >= 0.3 is 6.55 Å². The molecule has 1 aliphatic heterocycles. The first-order chi connectivity index (χ1) is 12.2. The van der Waals surface area contributed by atoms with Crippen molar-refractivity contribution in [1.82, 2.24) is 0 Å². The molecular weight excluding hydrogens is 351 g/mol. The molecule has 0 fully saturated rings. The fourth-order valence-electron chi connectivity index (χ4n) is 2.38. The lowest BCUT2D eigenvalue weighted by molar-refractivity contribution is -0.568. The predicted octanol–water partition coefficient (Wildman–Crippen LogP) is -0.417. The maximum absolute atomic E-state index is 14.3. The number of amidine groups is 1. The van der Waals surface area contributed by atoms with E-state index in [4.69, 9.17) is 16.2 Å². The van der Waals surface area contributed by atoms with Crippen LogP contribution in [0.15, 0.2) is 35.0 Å². The lowest BCUT2D eigenvalue weighted by Crippen LogP contribution is -2.72. The molecule has 7 nitrogen and oxygen atoms in total. The average molecular weight is 370 g/mol. The number of alkyl halides is 2. The van der Waals surface area contributed by atoms with Crippen LogP contribution in [0.1, 0.15) is 12.5 Å². The van der Waals surface area contributed by atoms with Gasteiger partial charge < -0.3 is 21.5 Å². The maximum Gasteiger partial charge on any atom is 0.444 e. The van der Waals surface area contributed by atoms with Gasteiger partial charge in [-0.3, -0.25) is 9.79 Å². The third-order valence-electron chi connectivity index (χ3n) is 3.58. The van der Waals surface area contributed by atoms with Crippen LogP contribution < -0.4 is 21.8 Å². The number of halogens is 3. The van der Waals surface area contributed by atoms with E-state index in [0.29, 0.717) is 0 Å². The van der Waals surface area contributed by atoms with E-state index in [1.54, 1.807) is 11.9 Å². The Morgan fingerprint density at radius 3 is 2.88 bits per heavy atom. The summed E-state index contributed by atoms with van der Waals surface area (Å²) in [6, 6.07) is 3.90. The number of aliphatic imine (C=N–C) groups is 1. The molecule has 1 aromatic rings. The van der Waals surface area contributed by atoms with E-state index in [1.807, 2.05) is 0 Å². The zero-order chi connectivity index (χ0) is 19.3. The van der Waals surface area contributed by atoms with Gasteiger partial charge in [-0.05, 0) is 25.1 Å². The highest BCUT2D eigenvalue weighted by Crippen LogP contribution is 2.32. The van der Waals surface area contributed by atoms with Crippen LogP contribution in [-0.2, 0) is 15.1 Å². The van der Waals surface area contributed by atoms with E-state index in [9.17, 15) is 18.0 Å². The molecule has 0 saturated carbocycles. The van der Waals surface area contributed by atoms with Crippen molar-refractivity contribution in [3.8, 4) is 0 Å². The fraction of sp³-hybridized carbons (Fsp3) is 0.312. The number of carbonyl (C=O) groups is 1. The van der Waals surface area contributed by atoms with Gasteiger partial charge in [0.25, 0.3) is 5.91 Å². The molecule has 1 heterocycles. The number of nitrogens with zero attached hydrogens (tertiary/aromatic N) is 1. The number of ether oxygens (including phenoxy) is 1. The van der Waals surface area contributed by atoms with Crippen molar-refractivity contribution in [3.05, 3.63) is 41.4 Å². The van der Waals surface area contributed by atoms with Gasteiger partial charge in [-0.2, -0.15) is 4.99 Å². The molecule has 0 aromatic heterocycles. The number of nitrogens with one attached hydrogen (secondary N) is 2. The molecule has 10 heteroatoms. The van der Waals surface area contributed by atoms with Gasteiger partial charge in [0.1, 0.15) is 29.5 Å². The van der Waals surface area contributed by atoms with Crippen molar-refractivity contribution in [2.24, 2.45) is 16.5 Å². The highest BCUT2D eigenvalue weighted by atomic mass is 19.3. The van der Waals surface area contributed by atoms with E-state index < -0.39 is 23.8 Å². The lowest BCUT2D eigenvalue weighted by atomic mass is 9.92. The van der Waals surface area contributed by atoms with Gasteiger partial charge in [0.05, 0.1) is 6.61 Å². The molecule has 0 saturated heterocycles. The molecule has 140 valence electrons. The van der Waals surface area contributed by atoms with Crippen LogP contribution in [0.4, 0.5) is 18.9 Å². The zero-order valence-corrected chi connectivity index (χ0v) is 13.9. The number of hydrogen-bond donors (Lipinski definition) is 4. The topological polar surface area (TPSA) is 117 Å². The van der Waals surface area contributed by atoms with E-state index >= 15 is 0 Å².